The molecular formula is C30H40O7. The summed E-state index contributed by atoms with van der Waals surface area (Å²) in [6, 6.07) is 7.57. The highest BCUT2D eigenvalue weighted by atomic mass is 16.6. The first-order chi connectivity index (χ1) is 17.6. The Hall–Kier alpha value is -2.64. The summed E-state index contributed by atoms with van der Waals surface area (Å²) in [5.41, 5.74) is 0.907. The van der Waals surface area contributed by atoms with E-state index in [1.165, 1.54) is 0 Å². The number of rotatable bonds is 8. The Labute approximate surface area is 219 Å². The monoisotopic (exact) mass is 512 g/mol. The number of allylic oxidation sites excluding steroid dienone is 2. The number of benzene rings is 1. The SMILES string of the molecule is CC[C@](C)(Oc1ccc(C)cc1)C(=O)OC1CC(O)C=C2C=CC(C)C(CC[C@@H]3C[C@@H](O)CC(=O)O3)C21. The van der Waals surface area contributed by atoms with Gasteiger partial charge >= 0.3 is 11.9 Å². The van der Waals surface area contributed by atoms with Crippen molar-refractivity contribution in [3.8, 4) is 5.75 Å². The van der Waals surface area contributed by atoms with E-state index in [0.717, 1.165) is 17.6 Å². The topological polar surface area (TPSA) is 102 Å². The van der Waals surface area contributed by atoms with E-state index in [0.29, 0.717) is 31.4 Å². The molecule has 1 fully saturated rings. The van der Waals surface area contributed by atoms with Gasteiger partial charge in [-0.1, -0.05) is 49.8 Å². The molecule has 37 heavy (non-hydrogen) atoms. The molecule has 4 rings (SSSR count). The van der Waals surface area contributed by atoms with E-state index in [9.17, 15) is 19.8 Å². The van der Waals surface area contributed by atoms with Crippen LogP contribution in [0.25, 0.3) is 0 Å². The fraction of sp³-hybridized carbons (Fsp3) is 0.600. The van der Waals surface area contributed by atoms with Gasteiger partial charge < -0.3 is 24.4 Å². The van der Waals surface area contributed by atoms with Crippen LogP contribution in [0, 0.1) is 24.7 Å². The first-order valence-corrected chi connectivity index (χ1v) is 13.5. The molecule has 0 saturated carbocycles. The average molecular weight is 513 g/mol. The van der Waals surface area contributed by atoms with Crippen molar-refractivity contribution in [1.82, 2.24) is 0 Å². The van der Waals surface area contributed by atoms with Crippen LogP contribution in [0.3, 0.4) is 0 Å². The lowest BCUT2D eigenvalue weighted by Gasteiger charge is -2.43. The molecule has 1 aromatic carbocycles. The second-order valence-electron chi connectivity index (χ2n) is 11.1. The number of hydrogen-bond donors (Lipinski definition) is 2. The minimum absolute atomic E-state index is 0.0470. The molecule has 202 valence electrons. The molecule has 0 radical (unpaired) electrons. The lowest BCUT2D eigenvalue weighted by atomic mass is 9.66. The van der Waals surface area contributed by atoms with Gasteiger partial charge in [-0.15, -0.1) is 0 Å². The summed E-state index contributed by atoms with van der Waals surface area (Å²) < 4.78 is 17.8. The Morgan fingerprint density at radius 1 is 1.16 bits per heavy atom. The van der Waals surface area contributed by atoms with E-state index >= 15 is 0 Å². The van der Waals surface area contributed by atoms with Crippen LogP contribution < -0.4 is 4.74 Å². The van der Waals surface area contributed by atoms with Crippen LogP contribution in [0.1, 0.15) is 64.9 Å². The molecule has 2 aliphatic carbocycles. The summed E-state index contributed by atoms with van der Waals surface area (Å²) in [5.74, 6) is 0.0548. The lowest BCUT2D eigenvalue weighted by molar-refractivity contribution is -0.172. The van der Waals surface area contributed by atoms with Crippen LogP contribution in [-0.2, 0) is 19.1 Å². The normalized spacial score (nSPS) is 33.0. The number of aliphatic hydroxyl groups excluding tert-OH is 2. The van der Waals surface area contributed by atoms with Crippen molar-refractivity contribution in [2.75, 3.05) is 0 Å². The number of esters is 2. The molecule has 0 aromatic heterocycles. The largest absolute Gasteiger partial charge is 0.476 e. The fourth-order valence-corrected chi connectivity index (χ4v) is 5.79. The first-order valence-electron chi connectivity index (χ1n) is 13.5. The summed E-state index contributed by atoms with van der Waals surface area (Å²) in [4.78, 5) is 25.3. The van der Waals surface area contributed by atoms with Crippen LogP contribution >= 0.6 is 0 Å². The van der Waals surface area contributed by atoms with Gasteiger partial charge in [0.2, 0.25) is 5.60 Å². The minimum Gasteiger partial charge on any atom is -0.476 e. The smallest absolute Gasteiger partial charge is 0.350 e. The molecule has 0 amide bonds. The Kier molecular flexibility index (Phi) is 8.44. The summed E-state index contributed by atoms with van der Waals surface area (Å²) in [5, 5.41) is 20.6. The van der Waals surface area contributed by atoms with Crippen molar-refractivity contribution >= 4 is 11.9 Å². The Balaban J connectivity index is 1.50. The van der Waals surface area contributed by atoms with Crippen LogP contribution in [-0.4, -0.2) is 52.2 Å². The fourth-order valence-electron chi connectivity index (χ4n) is 5.79. The number of ether oxygens (including phenoxy) is 3. The van der Waals surface area contributed by atoms with Gasteiger partial charge in [0.25, 0.3) is 0 Å². The highest BCUT2D eigenvalue weighted by molar-refractivity contribution is 5.79. The number of hydrogen-bond acceptors (Lipinski definition) is 7. The number of aliphatic hydroxyl groups is 2. The predicted molar refractivity (Wildman–Crippen MR) is 139 cm³/mol. The third kappa shape index (κ3) is 6.44. The lowest BCUT2D eigenvalue weighted by Crippen LogP contribution is -2.48. The van der Waals surface area contributed by atoms with Crippen LogP contribution in [0.15, 0.2) is 48.1 Å². The maximum atomic E-state index is 13.5. The van der Waals surface area contributed by atoms with Gasteiger partial charge in [-0.25, -0.2) is 4.79 Å². The van der Waals surface area contributed by atoms with E-state index in [1.54, 1.807) is 6.92 Å². The number of fused-ring (bicyclic) bond motifs is 1. The summed E-state index contributed by atoms with van der Waals surface area (Å²) >= 11 is 0. The molecule has 1 aliphatic heterocycles. The molecule has 0 spiro atoms. The van der Waals surface area contributed by atoms with Gasteiger partial charge in [0.05, 0.1) is 18.6 Å². The minimum atomic E-state index is -1.17. The molecular weight excluding hydrogens is 472 g/mol. The molecule has 7 heteroatoms. The van der Waals surface area contributed by atoms with Gasteiger partial charge in [0.15, 0.2) is 0 Å². The van der Waals surface area contributed by atoms with Crippen LogP contribution in [0.5, 0.6) is 5.75 Å². The molecule has 3 aliphatic rings. The standard InChI is InChI=1S/C30H40O7/c1-5-30(4,37-23-10-6-18(2)7-11-23)29(34)36-26-16-21(31)14-20-9-8-19(3)25(28(20)26)13-12-24-15-22(32)17-27(33)35-24/h6-11,14,19,21-22,24-26,28,31-32H,5,12-13,15-17H2,1-4H3/t19?,21?,22-,24-,25?,26?,28?,30+/m1/s1. The van der Waals surface area contributed by atoms with E-state index in [2.05, 4.69) is 13.0 Å². The van der Waals surface area contributed by atoms with Gasteiger partial charge in [-0.05, 0) is 62.7 Å². The number of cyclic esters (lactones) is 1. The maximum Gasteiger partial charge on any atom is 0.350 e. The maximum absolute atomic E-state index is 13.5. The van der Waals surface area contributed by atoms with Gasteiger partial charge in [-0.2, -0.15) is 0 Å². The molecule has 5 unspecified atom stereocenters. The van der Waals surface area contributed by atoms with E-state index in [1.807, 2.05) is 50.3 Å². The van der Waals surface area contributed by atoms with E-state index in [4.69, 9.17) is 14.2 Å². The van der Waals surface area contributed by atoms with Crippen molar-refractivity contribution in [3.05, 3.63) is 53.6 Å². The zero-order valence-electron chi connectivity index (χ0n) is 22.3. The van der Waals surface area contributed by atoms with Gasteiger partial charge in [-0.3, -0.25) is 4.79 Å². The van der Waals surface area contributed by atoms with Gasteiger partial charge in [0.1, 0.15) is 18.0 Å². The van der Waals surface area contributed by atoms with Crippen molar-refractivity contribution in [2.45, 2.75) is 96.2 Å². The molecule has 0 bridgehead atoms. The molecule has 8 atom stereocenters. The average Bonchev–Trinajstić information content (AvgIpc) is 2.84. The van der Waals surface area contributed by atoms with Gasteiger partial charge in [0, 0.05) is 18.8 Å². The third-order valence-electron chi connectivity index (χ3n) is 8.16. The van der Waals surface area contributed by atoms with Crippen LogP contribution in [0.4, 0.5) is 0 Å². The van der Waals surface area contributed by atoms with Crippen molar-refractivity contribution in [2.24, 2.45) is 17.8 Å². The third-order valence-corrected chi connectivity index (χ3v) is 8.16. The highest BCUT2D eigenvalue weighted by Gasteiger charge is 2.45. The molecule has 7 nitrogen and oxygen atoms in total. The zero-order valence-corrected chi connectivity index (χ0v) is 22.3. The highest BCUT2D eigenvalue weighted by Crippen LogP contribution is 2.44. The Bertz CT molecular complexity index is 1030. The van der Waals surface area contributed by atoms with Crippen molar-refractivity contribution < 1.29 is 34.0 Å². The first kappa shape index (κ1) is 27.4. The van der Waals surface area contributed by atoms with E-state index in [-0.39, 0.29) is 36.2 Å². The van der Waals surface area contributed by atoms with E-state index < -0.39 is 29.9 Å². The van der Waals surface area contributed by atoms with Crippen molar-refractivity contribution in [1.29, 1.82) is 0 Å². The quantitative estimate of drug-likeness (QED) is 0.497. The predicted octanol–water partition coefficient (Wildman–Crippen LogP) is 4.43. The number of carbonyl (C=O) groups is 2. The Morgan fingerprint density at radius 2 is 1.89 bits per heavy atom. The molecule has 2 N–H and O–H groups in total. The van der Waals surface area contributed by atoms with Crippen LogP contribution in [0.2, 0.25) is 0 Å². The number of carbonyl (C=O) groups excluding carboxylic acids is 2. The summed E-state index contributed by atoms with van der Waals surface area (Å²) in [6.07, 6.45) is 6.43. The van der Waals surface area contributed by atoms with Crippen molar-refractivity contribution in [3.63, 3.8) is 0 Å². The molecule has 1 heterocycles. The zero-order chi connectivity index (χ0) is 26.7. The molecule has 1 aromatic rings. The second-order valence-corrected chi connectivity index (χ2v) is 11.1. The second kappa shape index (κ2) is 11.4. The summed E-state index contributed by atoms with van der Waals surface area (Å²) in [6.45, 7) is 7.77. The Morgan fingerprint density at radius 3 is 2.57 bits per heavy atom. The molecule has 1 saturated heterocycles. The summed E-state index contributed by atoms with van der Waals surface area (Å²) in [7, 11) is 0. The number of aryl methyl sites for hydroxylation is 1.